The molecule has 0 atom stereocenters. The van der Waals surface area contributed by atoms with Gasteiger partial charge in [-0.05, 0) is 81.9 Å². The van der Waals surface area contributed by atoms with Gasteiger partial charge < -0.3 is 18.8 Å². The van der Waals surface area contributed by atoms with Crippen molar-refractivity contribution in [3.05, 3.63) is 269 Å². The average molecular weight is 844 g/mol. The van der Waals surface area contributed by atoms with E-state index in [1.54, 1.807) is 0 Å². The molecule has 0 amide bonds. The van der Waals surface area contributed by atoms with Crippen molar-refractivity contribution < 1.29 is 13.9 Å². The van der Waals surface area contributed by atoms with Gasteiger partial charge in [0.1, 0.15) is 28.6 Å². The Labute approximate surface area is 381 Å². The van der Waals surface area contributed by atoms with Gasteiger partial charge in [-0.15, -0.1) is 0 Å². The highest BCUT2D eigenvalue weighted by Gasteiger charge is 2.54. The summed E-state index contributed by atoms with van der Waals surface area (Å²) in [5.41, 5.74) is 17.6. The van der Waals surface area contributed by atoms with Crippen LogP contribution >= 0.6 is 0 Å². The minimum absolute atomic E-state index is 0.644. The van der Waals surface area contributed by atoms with Gasteiger partial charge in [-0.1, -0.05) is 176 Å². The Morgan fingerprint density at radius 2 is 0.652 bits per heavy atom. The molecular formula is C62H37NO3. The first-order valence-corrected chi connectivity index (χ1v) is 22.7. The number of anilines is 3. The van der Waals surface area contributed by atoms with E-state index in [0.717, 1.165) is 84.3 Å². The molecule has 10 aromatic carbocycles. The molecule has 15 rings (SSSR count). The van der Waals surface area contributed by atoms with Crippen LogP contribution in [0.5, 0.6) is 23.0 Å². The van der Waals surface area contributed by atoms with Crippen LogP contribution in [0.25, 0.3) is 44.2 Å². The molecular weight excluding hydrogens is 807 g/mol. The fourth-order valence-electron chi connectivity index (χ4n) is 12.4. The summed E-state index contributed by atoms with van der Waals surface area (Å²) in [5, 5.41) is 2.16. The smallest absolute Gasteiger partial charge is 0.159 e. The lowest BCUT2D eigenvalue weighted by Crippen LogP contribution is -2.32. The zero-order valence-corrected chi connectivity index (χ0v) is 35.5. The molecule has 0 fully saturated rings. The summed E-state index contributed by atoms with van der Waals surface area (Å²) < 4.78 is 20.5. The zero-order chi connectivity index (χ0) is 43.1. The maximum absolute atomic E-state index is 7.02. The van der Waals surface area contributed by atoms with Crippen molar-refractivity contribution in [3.8, 4) is 45.3 Å². The summed E-state index contributed by atoms with van der Waals surface area (Å²) in [4.78, 5) is 2.50. The number of benzene rings is 10. The number of nitrogens with zero attached hydrogens (tertiary/aromatic N) is 1. The van der Waals surface area contributed by atoms with Crippen molar-refractivity contribution >= 4 is 39.0 Å². The highest BCUT2D eigenvalue weighted by Crippen LogP contribution is 2.67. The number of rotatable bonds is 3. The summed E-state index contributed by atoms with van der Waals surface area (Å²) in [7, 11) is 0. The largest absolute Gasteiger partial charge is 0.457 e. The Morgan fingerprint density at radius 1 is 0.288 bits per heavy atom. The molecule has 2 aliphatic carbocycles. The predicted molar refractivity (Wildman–Crippen MR) is 263 cm³/mol. The summed E-state index contributed by atoms with van der Waals surface area (Å²) in [5.74, 6) is 3.47. The molecule has 0 saturated carbocycles. The van der Waals surface area contributed by atoms with Crippen LogP contribution in [-0.4, -0.2) is 0 Å². The number of ether oxygens (including phenoxy) is 2. The van der Waals surface area contributed by atoms with E-state index in [1.807, 2.05) is 0 Å². The second-order valence-corrected chi connectivity index (χ2v) is 17.8. The topological polar surface area (TPSA) is 34.8 Å². The standard InChI is InChI=1S/C62H37NO3/c1-4-22-42-40(19-1)58-48(61(42)44-24-6-11-34-54(44)64-55-35-12-7-25-45(55)61)28-16-30-50(58)63(52-32-15-21-39-38-18-3-10-33-53(38)66-60(39)52)51-31-17-29-49-59(51)41-20-2-5-23-43(41)62(49)46-26-8-13-36-56(46)65-57-37-14-9-27-47(57)62/h1-37H. The Hall–Kier alpha value is -8.60. The van der Waals surface area contributed by atoms with E-state index < -0.39 is 10.8 Å². The van der Waals surface area contributed by atoms with Crippen LogP contribution in [0.15, 0.2) is 229 Å². The van der Waals surface area contributed by atoms with Gasteiger partial charge in [-0.25, -0.2) is 0 Å². The molecule has 308 valence electrons. The maximum Gasteiger partial charge on any atom is 0.159 e. The van der Waals surface area contributed by atoms with Crippen molar-refractivity contribution in [2.75, 3.05) is 4.90 Å². The van der Waals surface area contributed by atoms with E-state index in [2.05, 4.69) is 229 Å². The van der Waals surface area contributed by atoms with Gasteiger partial charge in [0.25, 0.3) is 0 Å². The molecule has 4 aliphatic rings. The lowest BCUT2D eigenvalue weighted by molar-refractivity contribution is 0.436. The third-order valence-electron chi connectivity index (χ3n) is 14.8. The summed E-state index contributed by atoms with van der Waals surface area (Å²) >= 11 is 0. The van der Waals surface area contributed by atoms with Crippen LogP contribution in [0.3, 0.4) is 0 Å². The molecule has 2 aliphatic heterocycles. The normalized spacial score (nSPS) is 14.5. The lowest BCUT2D eigenvalue weighted by atomic mass is 9.66. The van der Waals surface area contributed by atoms with E-state index in [-0.39, 0.29) is 0 Å². The quantitative estimate of drug-likeness (QED) is 0.177. The Bertz CT molecular complexity index is 3590. The van der Waals surface area contributed by atoms with Gasteiger partial charge >= 0.3 is 0 Å². The molecule has 4 heteroatoms. The first kappa shape index (κ1) is 35.8. The second-order valence-electron chi connectivity index (χ2n) is 17.8. The molecule has 0 radical (unpaired) electrons. The Kier molecular flexibility index (Phi) is 7.05. The molecule has 1 aromatic heterocycles. The first-order valence-electron chi connectivity index (χ1n) is 22.7. The van der Waals surface area contributed by atoms with E-state index in [0.29, 0.717) is 0 Å². The van der Waals surface area contributed by atoms with Crippen molar-refractivity contribution in [1.29, 1.82) is 0 Å². The molecule has 0 unspecified atom stereocenters. The number of para-hydroxylation sites is 6. The van der Waals surface area contributed by atoms with Crippen LogP contribution in [0, 0.1) is 0 Å². The monoisotopic (exact) mass is 843 g/mol. The van der Waals surface area contributed by atoms with Crippen LogP contribution in [0.2, 0.25) is 0 Å². The van der Waals surface area contributed by atoms with Crippen LogP contribution in [0.4, 0.5) is 17.1 Å². The molecule has 66 heavy (non-hydrogen) atoms. The van der Waals surface area contributed by atoms with Crippen molar-refractivity contribution in [2.45, 2.75) is 10.8 Å². The zero-order valence-electron chi connectivity index (χ0n) is 35.5. The molecule has 2 spiro atoms. The van der Waals surface area contributed by atoms with Crippen LogP contribution in [0.1, 0.15) is 44.5 Å². The van der Waals surface area contributed by atoms with Crippen LogP contribution < -0.4 is 14.4 Å². The second kappa shape index (κ2) is 13.0. The molecule has 3 heterocycles. The molecule has 4 nitrogen and oxygen atoms in total. The summed E-state index contributed by atoms with van der Waals surface area (Å²) in [6.45, 7) is 0. The van der Waals surface area contributed by atoms with Crippen LogP contribution in [-0.2, 0) is 10.8 Å². The fraction of sp³-hybridized carbons (Fsp3) is 0.0323. The minimum Gasteiger partial charge on any atom is -0.457 e. The van der Waals surface area contributed by atoms with E-state index >= 15 is 0 Å². The molecule has 11 aromatic rings. The van der Waals surface area contributed by atoms with Gasteiger partial charge in [0.2, 0.25) is 0 Å². The Balaban J connectivity index is 1.09. The van der Waals surface area contributed by atoms with Gasteiger partial charge in [0.05, 0.1) is 27.9 Å². The van der Waals surface area contributed by atoms with E-state index in [1.165, 1.54) is 44.5 Å². The number of furan rings is 1. The number of fused-ring (bicyclic) bond motifs is 21. The van der Waals surface area contributed by atoms with Crippen molar-refractivity contribution in [1.82, 2.24) is 0 Å². The highest BCUT2D eigenvalue weighted by molar-refractivity contribution is 6.12. The summed E-state index contributed by atoms with van der Waals surface area (Å²) in [6, 6.07) is 81.1. The number of hydrogen-bond acceptors (Lipinski definition) is 4. The Morgan fingerprint density at radius 3 is 1.15 bits per heavy atom. The number of hydrogen-bond donors (Lipinski definition) is 0. The first-order chi connectivity index (χ1) is 32.8. The van der Waals surface area contributed by atoms with E-state index in [9.17, 15) is 0 Å². The van der Waals surface area contributed by atoms with E-state index in [4.69, 9.17) is 13.9 Å². The highest BCUT2D eigenvalue weighted by atomic mass is 16.5. The molecule has 0 saturated heterocycles. The summed E-state index contributed by atoms with van der Waals surface area (Å²) in [6.07, 6.45) is 0. The third-order valence-corrected chi connectivity index (χ3v) is 14.8. The fourth-order valence-corrected chi connectivity index (χ4v) is 12.4. The predicted octanol–water partition coefficient (Wildman–Crippen LogP) is 16.0. The van der Waals surface area contributed by atoms with Gasteiger partial charge in [0, 0.05) is 44.2 Å². The average Bonchev–Trinajstić information content (AvgIpc) is 4.01. The SMILES string of the molecule is c1ccc2c(c1)Oc1ccccc1C21c2ccccc2-c2c(N(c3cccc4c3-c3ccccc3C43c4ccccc4Oc4ccccc43)c3cccc4c3oc3ccccc34)cccc21. The van der Waals surface area contributed by atoms with Crippen molar-refractivity contribution in [3.63, 3.8) is 0 Å². The third kappa shape index (κ3) is 4.34. The molecule has 0 N–H and O–H groups in total. The minimum atomic E-state index is -0.644. The van der Waals surface area contributed by atoms with Gasteiger partial charge in [0.15, 0.2) is 5.58 Å². The maximum atomic E-state index is 7.02. The van der Waals surface area contributed by atoms with Gasteiger partial charge in [-0.2, -0.15) is 0 Å². The van der Waals surface area contributed by atoms with Gasteiger partial charge in [-0.3, -0.25) is 0 Å². The van der Waals surface area contributed by atoms with Crippen molar-refractivity contribution in [2.24, 2.45) is 0 Å². The lowest BCUT2D eigenvalue weighted by Gasteiger charge is -2.39. The molecule has 0 bridgehead atoms.